The maximum atomic E-state index is 5.95. The summed E-state index contributed by atoms with van der Waals surface area (Å²) in [5.41, 5.74) is 8.49. The summed E-state index contributed by atoms with van der Waals surface area (Å²) in [7, 11) is 0. The monoisotopic (exact) mass is 271 g/mol. The number of nitrogens with one attached hydrogen (secondary N) is 1. The second kappa shape index (κ2) is 6.31. The Kier molecular flexibility index (Phi) is 4.26. The van der Waals surface area contributed by atoms with Crippen LogP contribution in [0.15, 0.2) is 36.4 Å². The highest BCUT2D eigenvalue weighted by Crippen LogP contribution is 2.24. The molecule has 0 unspecified atom stereocenters. The van der Waals surface area contributed by atoms with Gasteiger partial charge in [0.05, 0.1) is 0 Å². The average molecular weight is 271 g/mol. The number of hydrogen-bond acceptors (Lipinski definition) is 3. The molecular formula is C17H25N3. The van der Waals surface area contributed by atoms with Crippen LogP contribution in [0.5, 0.6) is 0 Å². The van der Waals surface area contributed by atoms with Gasteiger partial charge in [0.1, 0.15) is 0 Å². The molecule has 3 nitrogen and oxygen atoms in total. The van der Waals surface area contributed by atoms with Crippen molar-refractivity contribution in [2.45, 2.75) is 31.7 Å². The molecule has 3 heteroatoms. The SMILES string of the molecule is N[C@H]1CC[C@H](CNc2ccc(N3CC=CC3)cc2)CC1. The zero-order valence-electron chi connectivity index (χ0n) is 12.1. The molecule has 3 rings (SSSR count). The van der Waals surface area contributed by atoms with E-state index in [2.05, 4.69) is 46.6 Å². The topological polar surface area (TPSA) is 41.3 Å². The van der Waals surface area contributed by atoms with Crippen molar-refractivity contribution in [2.24, 2.45) is 11.7 Å². The lowest BCUT2D eigenvalue weighted by molar-refractivity contribution is 0.339. The second-order valence-electron chi connectivity index (χ2n) is 6.08. The first-order valence-electron chi connectivity index (χ1n) is 7.81. The van der Waals surface area contributed by atoms with Gasteiger partial charge >= 0.3 is 0 Å². The van der Waals surface area contributed by atoms with Gasteiger partial charge in [0, 0.05) is 37.1 Å². The minimum absolute atomic E-state index is 0.444. The van der Waals surface area contributed by atoms with Crippen LogP contribution >= 0.6 is 0 Å². The van der Waals surface area contributed by atoms with E-state index in [0.29, 0.717) is 6.04 Å². The third-order valence-electron chi connectivity index (χ3n) is 4.54. The van der Waals surface area contributed by atoms with E-state index in [9.17, 15) is 0 Å². The van der Waals surface area contributed by atoms with Gasteiger partial charge in [0.15, 0.2) is 0 Å². The van der Waals surface area contributed by atoms with Gasteiger partial charge in [-0.1, -0.05) is 12.2 Å². The Morgan fingerprint density at radius 1 is 1.00 bits per heavy atom. The molecule has 1 aromatic rings. The van der Waals surface area contributed by atoms with Crippen LogP contribution in [-0.4, -0.2) is 25.7 Å². The van der Waals surface area contributed by atoms with E-state index in [-0.39, 0.29) is 0 Å². The fourth-order valence-corrected chi connectivity index (χ4v) is 3.13. The predicted molar refractivity (Wildman–Crippen MR) is 86.2 cm³/mol. The van der Waals surface area contributed by atoms with Crippen LogP contribution in [0.4, 0.5) is 11.4 Å². The van der Waals surface area contributed by atoms with Gasteiger partial charge in [-0.2, -0.15) is 0 Å². The minimum atomic E-state index is 0.444. The van der Waals surface area contributed by atoms with E-state index in [1.165, 1.54) is 37.1 Å². The van der Waals surface area contributed by atoms with Crippen molar-refractivity contribution in [3.05, 3.63) is 36.4 Å². The summed E-state index contributed by atoms with van der Waals surface area (Å²) in [6, 6.07) is 9.27. The first-order chi connectivity index (χ1) is 9.81. The van der Waals surface area contributed by atoms with Crippen molar-refractivity contribution in [3.63, 3.8) is 0 Å². The maximum Gasteiger partial charge on any atom is 0.0373 e. The number of nitrogens with zero attached hydrogens (tertiary/aromatic N) is 1. The molecular weight excluding hydrogens is 246 g/mol. The van der Waals surface area contributed by atoms with Crippen LogP contribution in [0.25, 0.3) is 0 Å². The van der Waals surface area contributed by atoms with Gasteiger partial charge in [-0.15, -0.1) is 0 Å². The summed E-state index contributed by atoms with van der Waals surface area (Å²) < 4.78 is 0. The molecule has 0 amide bonds. The van der Waals surface area contributed by atoms with Crippen molar-refractivity contribution in [3.8, 4) is 0 Å². The molecule has 3 N–H and O–H groups in total. The van der Waals surface area contributed by atoms with Gasteiger partial charge in [-0.25, -0.2) is 0 Å². The Balaban J connectivity index is 1.48. The molecule has 0 bridgehead atoms. The number of hydrogen-bond donors (Lipinski definition) is 2. The number of rotatable bonds is 4. The first-order valence-corrected chi connectivity index (χ1v) is 7.81. The fraction of sp³-hybridized carbons (Fsp3) is 0.529. The molecule has 0 aromatic heterocycles. The summed E-state index contributed by atoms with van der Waals surface area (Å²) >= 11 is 0. The molecule has 20 heavy (non-hydrogen) atoms. The lowest BCUT2D eigenvalue weighted by atomic mass is 9.86. The van der Waals surface area contributed by atoms with Crippen LogP contribution in [0.2, 0.25) is 0 Å². The molecule has 0 atom stereocenters. The normalized spacial score (nSPS) is 25.9. The van der Waals surface area contributed by atoms with E-state index in [1.54, 1.807) is 0 Å². The number of anilines is 2. The standard InChI is InChI=1S/C17H25N3/c18-15-5-3-14(4-6-15)13-19-16-7-9-17(10-8-16)20-11-1-2-12-20/h1-2,7-10,14-15,19H,3-6,11-13,18H2/t14-,15-. The zero-order chi connectivity index (χ0) is 13.8. The Hall–Kier alpha value is -1.48. The quantitative estimate of drug-likeness (QED) is 0.827. The lowest BCUT2D eigenvalue weighted by Gasteiger charge is -2.26. The Morgan fingerprint density at radius 2 is 1.65 bits per heavy atom. The predicted octanol–water partition coefficient (Wildman–Crippen LogP) is 2.99. The third-order valence-corrected chi connectivity index (χ3v) is 4.54. The minimum Gasteiger partial charge on any atom is -0.385 e. The number of benzene rings is 1. The Morgan fingerprint density at radius 3 is 2.30 bits per heavy atom. The van der Waals surface area contributed by atoms with Crippen LogP contribution in [-0.2, 0) is 0 Å². The van der Waals surface area contributed by atoms with Gasteiger partial charge < -0.3 is 16.0 Å². The molecule has 1 aliphatic carbocycles. The van der Waals surface area contributed by atoms with E-state index in [1.807, 2.05) is 0 Å². The van der Waals surface area contributed by atoms with Gasteiger partial charge in [0.25, 0.3) is 0 Å². The molecule has 0 saturated heterocycles. The van der Waals surface area contributed by atoms with E-state index in [0.717, 1.165) is 25.6 Å². The molecule has 1 aliphatic heterocycles. The van der Waals surface area contributed by atoms with Crippen molar-refractivity contribution in [1.29, 1.82) is 0 Å². The highest BCUT2D eigenvalue weighted by atomic mass is 15.1. The van der Waals surface area contributed by atoms with Gasteiger partial charge in [-0.3, -0.25) is 0 Å². The second-order valence-corrected chi connectivity index (χ2v) is 6.08. The molecule has 0 radical (unpaired) electrons. The van der Waals surface area contributed by atoms with Crippen molar-refractivity contribution in [1.82, 2.24) is 0 Å². The molecule has 1 saturated carbocycles. The summed E-state index contributed by atoms with van der Waals surface area (Å²) in [5, 5.41) is 3.57. The molecule has 1 aromatic carbocycles. The highest BCUT2D eigenvalue weighted by molar-refractivity contribution is 5.56. The molecule has 2 aliphatic rings. The molecule has 108 valence electrons. The zero-order valence-corrected chi connectivity index (χ0v) is 12.1. The van der Waals surface area contributed by atoms with Gasteiger partial charge in [0.2, 0.25) is 0 Å². The largest absolute Gasteiger partial charge is 0.385 e. The van der Waals surface area contributed by atoms with E-state index in [4.69, 9.17) is 5.73 Å². The molecule has 1 fully saturated rings. The van der Waals surface area contributed by atoms with Crippen molar-refractivity contribution >= 4 is 11.4 Å². The van der Waals surface area contributed by atoms with Crippen LogP contribution in [0.1, 0.15) is 25.7 Å². The number of nitrogens with two attached hydrogens (primary N) is 1. The lowest BCUT2D eigenvalue weighted by Crippen LogP contribution is -2.29. The summed E-state index contributed by atoms with van der Waals surface area (Å²) in [4.78, 5) is 2.37. The average Bonchev–Trinajstić information content (AvgIpc) is 3.01. The maximum absolute atomic E-state index is 5.95. The summed E-state index contributed by atoms with van der Waals surface area (Å²) in [5.74, 6) is 0.789. The van der Waals surface area contributed by atoms with Crippen LogP contribution < -0.4 is 16.0 Å². The van der Waals surface area contributed by atoms with Crippen LogP contribution in [0, 0.1) is 5.92 Å². The summed E-state index contributed by atoms with van der Waals surface area (Å²) in [6.07, 6.45) is 9.36. The highest BCUT2D eigenvalue weighted by Gasteiger charge is 2.18. The smallest absolute Gasteiger partial charge is 0.0373 e. The summed E-state index contributed by atoms with van der Waals surface area (Å²) in [6.45, 7) is 3.15. The van der Waals surface area contributed by atoms with Crippen LogP contribution in [0.3, 0.4) is 0 Å². The van der Waals surface area contributed by atoms with Gasteiger partial charge in [-0.05, 0) is 55.9 Å². The fourth-order valence-electron chi connectivity index (χ4n) is 3.13. The van der Waals surface area contributed by atoms with E-state index < -0.39 is 0 Å². The van der Waals surface area contributed by atoms with Crippen molar-refractivity contribution < 1.29 is 0 Å². The third kappa shape index (κ3) is 3.34. The van der Waals surface area contributed by atoms with Crippen molar-refractivity contribution in [2.75, 3.05) is 29.9 Å². The Bertz CT molecular complexity index is 436. The molecule has 1 heterocycles. The Labute approximate surface area is 121 Å². The molecule has 0 spiro atoms. The van der Waals surface area contributed by atoms with E-state index >= 15 is 0 Å². The first kappa shape index (κ1) is 13.5.